The van der Waals surface area contributed by atoms with Gasteiger partial charge in [0.1, 0.15) is 0 Å². The van der Waals surface area contributed by atoms with Crippen LogP contribution in [0.3, 0.4) is 0 Å². The van der Waals surface area contributed by atoms with Gasteiger partial charge in [0.15, 0.2) is 0 Å². The van der Waals surface area contributed by atoms with Gasteiger partial charge in [-0.25, -0.2) is 0 Å². The molecule has 1 rings (SSSR count). The molecule has 0 spiro atoms. The standard InChI is InChI=1S/C13H25NO3/c1-17-9-3-2-8-14-10-11-4-6-12(7-5-11)13(15)16/h11-12,14H,2-10H2,1H3,(H,15,16). The SMILES string of the molecule is COCCCCNCC1CCC(C(=O)O)CC1. The van der Waals surface area contributed by atoms with Gasteiger partial charge in [0.2, 0.25) is 0 Å². The van der Waals surface area contributed by atoms with Crippen molar-refractivity contribution < 1.29 is 14.6 Å². The van der Waals surface area contributed by atoms with Gasteiger partial charge in [0.05, 0.1) is 5.92 Å². The Bertz CT molecular complexity index is 213. The Kier molecular flexibility index (Phi) is 7.21. The summed E-state index contributed by atoms with van der Waals surface area (Å²) in [6, 6.07) is 0. The molecule has 0 saturated heterocycles. The quantitative estimate of drug-likeness (QED) is 0.639. The first-order valence-electron chi connectivity index (χ1n) is 6.66. The van der Waals surface area contributed by atoms with E-state index in [1.807, 2.05) is 0 Å². The summed E-state index contributed by atoms with van der Waals surface area (Å²) >= 11 is 0. The van der Waals surface area contributed by atoms with Gasteiger partial charge < -0.3 is 15.2 Å². The Hall–Kier alpha value is -0.610. The van der Waals surface area contributed by atoms with Crippen LogP contribution in [-0.2, 0) is 9.53 Å². The lowest BCUT2D eigenvalue weighted by Crippen LogP contribution is -2.29. The van der Waals surface area contributed by atoms with Crippen molar-refractivity contribution in [2.45, 2.75) is 38.5 Å². The van der Waals surface area contributed by atoms with Gasteiger partial charge in [-0.3, -0.25) is 4.79 Å². The van der Waals surface area contributed by atoms with Crippen LogP contribution in [0.15, 0.2) is 0 Å². The van der Waals surface area contributed by atoms with Gasteiger partial charge in [0.25, 0.3) is 0 Å². The molecule has 0 heterocycles. The molecule has 0 atom stereocenters. The molecule has 0 aromatic rings. The van der Waals surface area contributed by atoms with Crippen LogP contribution in [0.25, 0.3) is 0 Å². The molecule has 17 heavy (non-hydrogen) atoms. The van der Waals surface area contributed by atoms with E-state index in [0.717, 1.165) is 58.2 Å². The molecule has 0 amide bonds. The maximum absolute atomic E-state index is 10.8. The molecule has 0 aromatic heterocycles. The van der Waals surface area contributed by atoms with Gasteiger partial charge in [-0.05, 0) is 57.5 Å². The van der Waals surface area contributed by atoms with E-state index >= 15 is 0 Å². The van der Waals surface area contributed by atoms with Crippen molar-refractivity contribution in [2.24, 2.45) is 11.8 Å². The lowest BCUT2D eigenvalue weighted by atomic mass is 9.82. The van der Waals surface area contributed by atoms with Gasteiger partial charge >= 0.3 is 5.97 Å². The minimum atomic E-state index is -0.615. The van der Waals surface area contributed by atoms with Crippen LogP contribution in [0.4, 0.5) is 0 Å². The number of ether oxygens (including phenoxy) is 1. The predicted molar refractivity (Wildman–Crippen MR) is 67.1 cm³/mol. The fraction of sp³-hybridized carbons (Fsp3) is 0.923. The average molecular weight is 243 g/mol. The van der Waals surface area contributed by atoms with E-state index < -0.39 is 5.97 Å². The minimum Gasteiger partial charge on any atom is -0.481 e. The van der Waals surface area contributed by atoms with Gasteiger partial charge in [-0.1, -0.05) is 0 Å². The molecule has 1 saturated carbocycles. The van der Waals surface area contributed by atoms with Crippen molar-refractivity contribution in [3.63, 3.8) is 0 Å². The lowest BCUT2D eigenvalue weighted by molar-refractivity contribution is -0.143. The number of carbonyl (C=O) groups is 1. The molecule has 1 fully saturated rings. The van der Waals surface area contributed by atoms with Crippen molar-refractivity contribution in [2.75, 3.05) is 26.8 Å². The Labute approximate surface area is 104 Å². The molecule has 0 aromatic carbocycles. The van der Waals surface area contributed by atoms with E-state index in [1.54, 1.807) is 7.11 Å². The van der Waals surface area contributed by atoms with Crippen molar-refractivity contribution >= 4 is 5.97 Å². The zero-order chi connectivity index (χ0) is 12.5. The summed E-state index contributed by atoms with van der Waals surface area (Å²) in [6.07, 6.45) is 6.08. The van der Waals surface area contributed by atoms with Crippen molar-refractivity contribution in [1.29, 1.82) is 0 Å². The molecule has 4 nitrogen and oxygen atoms in total. The lowest BCUT2D eigenvalue weighted by Gasteiger charge is -2.26. The van der Waals surface area contributed by atoms with Crippen molar-refractivity contribution in [3.8, 4) is 0 Å². The second kappa shape index (κ2) is 8.48. The zero-order valence-electron chi connectivity index (χ0n) is 10.8. The van der Waals surface area contributed by atoms with Crippen LogP contribution >= 0.6 is 0 Å². The first-order chi connectivity index (χ1) is 8.24. The fourth-order valence-electron chi connectivity index (χ4n) is 2.42. The molecular weight excluding hydrogens is 218 g/mol. The van der Waals surface area contributed by atoms with E-state index in [4.69, 9.17) is 9.84 Å². The third-order valence-corrected chi connectivity index (χ3v) is 3.58. The largest absolute Gasteiger partial charge is 0.481 e. The summed E-state index contributed by atoms with van der Waals surface area (Å²) in [5, 5.41) is 12.3. The first-order valence-corrected chi connectivity index (χ1v) is 6.66. The third kappa shape index (κ3) is 6.03. The second-order valence-corrected chi connectivity index (χ2v) is 4.96. The van der Waals surface area contributed by atoms with E-state index in [0.29, 0.717) is 5.92 Å². The second-order valence-electron chi connectivity index (χ2n) is 4.96. The van der Waals surface area contributed by atoms with Gasteiger partial charge in [-0.15, -0.1) is 0 Å². The average Bonchev–Trinajstić information content (AvgIpc) is 2.34. The van der Waals surface area contributed by atoms with Crippen LogP contribution < -0.4 is 5.32 Å². The molecule has 0 bridgehead atoms. The maximum atomic E-state index is 10.8. The molecular formula is C13H25NO3. The molecule has 0 unspecified atom stereocenters. The van der Waals surface area contributed by atoms with E-state index in [2.05, 4.69) is 5.32 Å². The zero-order valence-corrected chi connectivity index (χ0v) is 10.8. The van der Waals surface area contributed by atoms with E-state index in [-0.39, 0.29) is 5.92 Å². The fourth-order valence-corrected chi connectivity index (χ4v) is 2.42. The highest BCUT2D eigenvalue weighted by molar-refractivity contribution is 5.69. The molecule has 1 aliphatic carbocycles. The summed E-state index contributed by atoms with van der Waals surface area (Å²) < 4.78 is 4.99. The highest BCUT2D eigenvalue weighted by Crippen LogP contribution is 2.28. The number of hydrogen-bond acceptors (Lipinski definition) is 3. The topological polar surface area (TPSA) is 58.6 Å². The van der Waals surface area contributed by atoms with Gasteiger partial charge in [0, 0.05) is 13.7 Å². The Morgan fingerprint density at radius 2 is 2.00 bits per heavy atom. The van der Waals surface area contributed by atoms with Crippen LogP contribution in [0.2, 0.25) is 0 Å². The number of unbranched alkanes of at least 4 members (excludes halogenated alkanes) is 1. The van der Waals surface area contributed by atoms with E-state index in [1.165, 1.54) is 0 Å². The smallest absolute Gasteiger partial charge is 0.306 e. The predicted octanol–water partition coefficient (Wildman–Crippen LogP) is 1.89. The monoisotopic (exact) mass is 243 g/mol. The number of aliphatic carboxylic acids is 1. The number of methoxy groups -OCH3 is 1. The minimum absolute atomic E-state index is 0.0899. The summed E-state index contributed by atoms with van der Waals surface area (Å²) in [4.78, 5) is 10.8. The summed E-state index contributed by atoms with van der Waals surface area (Å²) in [5.74, 6) is -0.0306. The number of carboxylic acids is 1. The number of hydrogen-bond donors (Lipinski definition) is 2. The van der Waals surface area contributed by atoms with E-state index in [9.17, 15) is 4.79 Å². The summed E-state index contributed by atoms with van der Waals surface area (Å²) in [7, 11) is 1.73. The molecule has 2 N–H and O–H groups in total. The van der Waals surface area contributed by atoms with Crippen molar-refractivity contribution in [1.82, 2.24) is 5.32 Å². The highest BCUT2D eigenvalue weighted by atomic mass is 16.5. The molecule has 0 radical (unpaired) electrons. The van der Waals surface area contributed by atoms with Crippen LogP contribution in [0.5, 0.6) is 0 Å². The Balaban J connectivity index is 1.97. The summed E-state index contributed by atoms with van der Waals surface area (Å²) in [6.45, 7) is 2.92. The van der Waals surface area contributed by atoms with Crippen LogP contribution in [-0.4, -0.2) is 37.9 Å². The third-order valence-electron chi connectivity index (χ3n) is 3.58. The van der Waals surface area contributed by atoms with Crippen LogP contribution in [0.1, 0.15) is 38.5 Å². The molecule has 0 aliphatic heterocycles. The number of nitrogens with one attached hydrogen (secondary N) is 1. The normalized spacial score (nSPS) is 24.8. The Morgan fingerprint density at radius 3 is 2.59 bits per heavy atom. The molecule has 100 valence electrons. The highest BCUT2D eigenvalue weighted by Gasteiger charge is 2.25. The molecule has 4 heteroatoms. The van der Waals surface area contributed by atoms with Crippen molar-refractivity contribution in [3.05, 3.63) is 0 Å². The number of carboxylic acid groups (broad SMARTS) is 1. The van der Waals surface area contributed by atoms with Crippen LogP contribution in [0, 0.1) is 11.8 Å². The molecule has 1 aliphatic rings. The summed E-state index contributed by atoms with van der Waals surface area (Å²) in [5.41, 5.74) is 0. The first kappa shape index (κ1) is 14.5. The number of rotatable bonds is 8. The Morgan fingerprint density at radius 1 is 1.29 bits per heavy atom. The maximum Gasteiger partial charge on any atom is 0.306 e. The van der Waals surface area contributed by atoms with Gasteiger partial charge in [-0.2, -0.15) is 0 Å².